The maximum Gasteiger partial charge on any atom is 0.267 e. The van der Waals surface area contributed by atoms with E-state index in [4.69, 9.17) is 9.97 Å². The van der Waals surface area contributed by atoms with Crippen molar-refractivity contribution in [2.75, 3.05) is 21.5 Å². The second-order valence-corrected chi connectivity index (χ2v) is 17.8. The monoisotopic (exact) mass is 687 g/mol. The Balaban J connectivity index is 1.14. The van der Waals surface area contributed by atoms with Crippen molar-refractivity contribution >= 4 is 42.8 Å². The molecule has 2 N–H and O–H groups in total. The molecule has 3 heterocycles. The summed E-state index contributed by atoms with van der Waals surface area (Å²) in [5.74, 6) is -2.11. The number of hydrogen-bond acceptors (Lipinski definition) is 9. The van der Waals surface area contributed by atoms with E-state index in [1.54, 1.807) is 12.3 Å². The van der Waals surface area contributed by atoms with Gasteiger partial charge in [0.25, 0.3) is 10.0 Å². The quantitative estimate of drug-likeness (QED) is 0.234. The topological polar surface area (TPSA) is 131 Å². The lowest BCUT2D eigenvalue weighted by Crippen LogP contribution is -2.60. The molecule has 240 valence electrons. The van der Waals surface area contributed by atoms with Crippen molar-refractivity contribution in [1.29, 1.82) is 0 Å². The van der Waals surface area contributed by atoms with Gasteiger partial charge in [-0.1, -0.05) is 12.1 Å². The highest BCUT2D eigenvalue weighted by atomic mass is 32.2. The molecule has 0 amide bonds. The van der Waals surface area contributed by atoms with Gasteiger partial charge >= 0.3 is 0 Å². The molecular weight excluding hydrogens is 660 g/mol. The molecule has 4 aliphatic carbocycles. The Kier molecular flexibility index (Phi) is 6.62. The standard InChI is InChI=1S/C31H28F3N5O4S3/c32-20-4-2-5-21(33)27(20)46(42,43)39-22-6-1-3-19(24(22)34)25-26(44-28(38-25)31-9-7-17(11-31)12-31)23-8-10-35-29(37-23)36-18-13-30(14-18)15-45(40,41)16-30/h1-6,8,10,17-18,39H,7,9,11-16H2,(H,35,36,37). The first kappa shape index (κ1) is 29.8. The largest absolute Gasteiger partial charge is 0.351 e. The number of anilines is 2. The Morgan fingerprint density at radius 3 is 2.33 bits per heavy atom. The number of aromatic nitrogens is 3. The number of sulfonamides is 1. The predicted octanol–water partition coefficient (Wildman–Crippen LogP) is 5.92. The third kappa shape index (κ3) is 4.89. The number of fused-ring (bicyclic) bond motifs is 1. The van der Waals surface area contributed by atoms with Gasteiger partial charge in [-0.3, -0.25) is 4.72 Å². The van der Waals surface area contributed by atoms with Crippen LogP contribution in [0.25, 0.3) is 21.8 Å². The van der Waals surface area contributed by atoms with Gasteiger partial charge in [0.1, 0.15) is 16.6 Å². The molecule has 0 atom stereocenters. The predicted molar refractivity (Wildman–Crippen MR) is 167 cm³/mol. The summed E-state index contributed by atoms with van der Waals surface area (Å²) in [6.45, 7) is 0. The van der Waals surface area contributed by atoms with Crippen LogP contribution in [0.5, 0.6) is 0 Å². The molecule has 9 nitrogen and oxygen atoms in total. The minimum atomic E-state index is -4.82. The molecule has 1 saturated heterocycles. The summed E-state index contributed by atoms with van der Waals surface area (Å²) in [5.41, 5.74) is 0.0742. The van der Waals surface area contributed by atoms with Gasteiger partial charge in [-0.2, -0.15) is 0 Å². The number of halogens is 3. The van der Waals surface area contributed by atoms with E-state index < -0.39 is 47.9 Å². The highest BCUT2D eigenvalue weighted by molar-refractivity contribution is 7.93. The minimum absolute atomic E-state index is 0.0113. The van der Waals surface area contributed by atoms with Crippen LogP contribution in [0.15, 0.2) is 53.6 Å². The molecule has 4 saturated carbocycles. The zero-order valence-corrected chi connectivity index (χ0v) is 26.7. The van der Waals surface area contributed by atoms with Gasteiger partial charge in [-0.05, 0) is 74.8 Å². The number of hydrogen-bond donors (Lipinski definition) is 2. The SMILES string of the molecule is O=S1(=O)CC2(CC(Nc3nccc(-c4sc(C56CCC(C5)C6)nc4-c4cccc(NS(=O)(=O)c5c(F)cccc5F)c4F)n3)C2)C1. The molecule has 5 fully saturated rings. The molecule has 2 bridgehead atoms. The van der Waals surface area contributed by atoms with Crippen LogP contribution in [0.4, 0.5) is 24.8 Å². The van der Waals surface area contributed by atoms with E-state index in [-0.39, 0.29) is 39.6 Å². The third-order valence-electron chi connectivity index (χ3n) is 9.79. The molecule has 1 spiro atoms. The van der Waals surface area contributed by atoms with Crippen LogP contribution in [0.1, 0.15) is 43.5 Å². The molecule has 1 aliphatic heterocycles. The Morgan fingerprint density at radius 1 is 0.935 bits per heavy atom. The molecule has 0 radical (unpaired) electrons. The van der Waals surface area contributed by atoms with Crippen molar-refractivity contribution in [2.24, 2.45) is 11.3 Å². The van der Waals surface area contributed by atoms with E-state index in [2.05, 4.69) is 10.3 Å². The molecule has 4 aromatic rings. The van der Waals surface area contributed by atoms with Crippen molar-refractivity contribution in [3.05, 3.63) is 71.1 Å². The van der Waals surface area contributed by atoms with Gasteiger partial charge in [0.15, 0.2) is 20.5 Å². The van der Waals surface area contributed by atoms with Crippen LogP contribution in [-0.2, 0) is 25.3 Å². The maximum atomic E-state index is 16.2. The van der Waals surface area contributed by atoms with Gasteiger partial charge in [0.05, 0.1) is 33.5 Å². The van der Waals surface area contributed by atoms with Crippen LogP contribution in [-0.4, -0.2) is 49.3 Å². The lowest BCUT2D eigenvalue weighted by atomic mass is 9.67. The highest BCUT2D eigenvalue weighted by Crippen LogP contribution is 2.61. The summed E-state index contributed by atoms with van der Waals surface area (Å²) in [7, 11) is -7.74. The van der Waals surface area contributed by atoms with Crippen LogP contribution in [0.2, 0.25) is 0 Å². The molecule has 0 unspecified atom stereocenters. The summed E-state index contributed by atoms with van der Waals surface area (Å²) in [6, 6.07) is 8.51. The first-order chi connectivity index (χ1) is 21.8. The van der Waals surface area contributed by atoms with E-state index in [1.165, 1.54) is 29.5 Å². The highest BCUT2D eigenvalue weighted by Gasteiger charge is 2.56. The minimum Gasteiger partial charge on any atom is -0.351 e. The molecule has 46 heavy (non-hydrogen) atoms. The van der Waals surface area contributed by atoms with Crippen molar-refractivity contribution in [2.45, 2.75) is 54.9 Å². The second-order valence-electron chi connectivity index (χ2n) is 13.2. The average Bonchev–Trinajstić information content (AvgIpc) is 3.67. The molecule has 2 aromatic carbocycles. The summed E-state index contributed by atoms with van der Waals surface area (Å²) >= 11 is 1.43. The van der Waals surface area contributed by atoms with Crippen molar-refractivity contribution in [3.8, 4) is 21.8 Å². The number of nitrogens with one attached hydrogen (secondary N) is 2. The van der Waals surface area contributed by atoms with Crippen LogP contribution in [0, 0.1) is 28.8 Å². The molecule has 2 aromatic heterocycles. The average molecular weight is 688 g/mol. The molecule has 15 heteroatoms. The normalized spacial score (nSPS) is 24.2. The third-order valence-corrected chi connectivity index (χ3v) is 14.6. The fourth-order valence-electron chi connectivity index (χ4n) is 7.80. The van der Waals surface area contributed by atoms with E-state index in [0.717, 1.165) is 48.9 Å². The number of sulfone groups is 1. The number of thiazole rings is 1. The lowest BCUT2D eigenvalue weighted by Gasteiger charge is -2.53. The first-order valence-corrected chi connectivity index (χ1v) is 19.0. The summed E-state index contributed by atoms with van der Waals surface area (Å²) in [6.07, 6.45) is 7.11. The number of benzene rings is 2. The summed E-state index contributed by atoms with van der Waals surface area (Å²) < 4.78 is 96.3. The van der Waals surface area contributed by atoms with Gasteiger partial charge in [0.2, 0.25) is 5.95 Å². The first-order valence-electron chi connectivity index (χ1n) is 14.9. The fourth-order valence-corrected chi connectivity index (χ4v) is 12.5. The smallest absolute Gasteiger partial charge is 0.267 e. The molecular formula is C31H28F3N5O4S3. The van der Waals surface area contributed by atoms with Gasteiger partial charge in [-0.25, -0.2) is 45.0 Å². The van der Waals surface area contributed by atoms with Gasteiger partial charge in [0, 0.05) is 28.6 Å². The van der Waals surface area contributed by atoms with E-state index in [0.29, 0.717) is 35.3 Å². The Morgan fingerprint density at radius 2 is 1.65 bits per heavy atom. The number of nitrogens with zero attached hydrogens (tertiary/aromatic N) is 3. The molecule has 5 aliphatic rings. The Hall–Kier alpha value is -3.56. The van der Waals surface area contributed by atoms with Crippen molar-refractivity contribution in [1.82, 2.24) is 15.0 Å². The summed E-state index contributed by atoms with van der Waals surface area (Å²) in [4.78, 5) is 13.4. The Labute approximate surface area is 267 Å². The second kappa shape index (κ2) is 10.2. The van der Waals surface area contributed by atoms with E-state index in [1.807, 2.05) is 4.72 Å². The Bertz CT molecular complexity index is 2090. The van der Waals surface area contributed by atoms with Crippen LogP contribution >= 0.6 is 11.3 Å². The maximum absolute atomic E-state index is 16.2. The van der Waals surface area contributed by atoms with Crippen LogP contribution < -0.4 is 10.0 Å². The van der Waals surface area contributed by atoms with Gasteiger partial charge < -0.3 is 5.32 Å². The zero-order chi connectivity index (χ0) is 32.1. The fraction of sp³-hybridized carbons (Fsp3) is 0.387. The van der Waals surface area contributed by atoms with E-state index in [9.17, 15) is 25.6 Å². The van der Waals surface area contributed by atoms with Gasteiger partial charge in [-0.15, -0.1) is 11.3 Å². The van der Waals surface area contributed by atoms with E-state index >= 15 is 4.39 Å². The lowest BCUT2D eigenvalue weighted by molar-refractivity contribution is 0.153. The zero-order valence-electron chi connectivity index (χ0n) is 24.3. The van der Waals surface area contributed by atoms with Crippen LogP contribution in [0.3, 0.4) is 0 Å². The molecule has 9 rings (SSSR count). The van der Waals surface area contributed by atoms with Crippen molar-refractivity contribution < 1.29 is 30.0 Å². The number of rotatable bonds is 8. The summed E-state index contributed by atoms with van der Waals surface area (Å²) in [5, 5.41) is 4.17. The van der Waals surface area contributed by atoms with Crippen molar-refractivity contribution in [3.63, 3.8) is 0 Å².